The number of likely N-dealkylation sites (N-methyl/N-ethyl adjacent to an activating group) is 1. The van der Waals surface area contributed by atoms with Crippen LogP contribution in [0.2, 0.25) is 0 Å². The van der Waals surface area contributed by atoms with Gasteiger partial charge in [-0.15, -0.1) is 16.7 Å². The van der Waals surface area contributed by atoms with Crippen LogP contribution in [0.15, 0.2) is 4.42 Å². The smallest absolute Gasteiger partial charge is 0.315 e. The van der Waals surface area contributed by atoms with Gasteiger partial charge in [0.25, 0.3) is 0 Å². The van der Waals surface area contributed by atoms with Gasteiger partial charge in [0.15, 0.2) is 0 Å². The molecule has 0 aromatic carbocycles. The maximum absolute atomic E-state index is 10.8. The average molecular weight is 205 g/mol. The first-order valence-electron chi connectivity index (χ1n) is 3.59. The van der Waals surface area contributed by atoms with Gasteiger partial charge in [-0.1, -0.05) is 5.10 Å². The number of hydrogen-bond donors (Lipinski definition) is 2. The molecule has 0 fully saturated rings. The Hall–Kier alpha value is -1.30. The number of aromatic nitrogens is 2. The minimum Gasteiger partial charge on any atom is -0.407 e. The molecule has 0 atom stereocenters. The molecule has 0 aliphatic heterocycles. The van der Waals surface area contributed by atoms with Crippen molar-refractivity contribution in [1.82, 2.24) is 15.5 Å². The highest BCUT2D eigenvalue weighted by Gasteiger charge is 2.05. The molecule has 2 N–H and O–H groups in total. The van der Waals surface area contributed by atoms with Crippen molar-refractivity contribution in [3.8, 4) is 0 Å². The largest absolute Gasteiger partial charge is 0.407 e. The molecule has 0 bridgehead atoms. The Labute approximate surface area is 79.7 Å². The molecule has 6 nitrogen and oxygen atoms in total. The van der Waals surface area contributed by atoms with Crippen LogP contribution in [-0.4, -0.2) is 29.7 Å². The number of anilines is 1. The molecule has 7 heteroatoms. The molecule has 0 spiro atoms. The summed E-state index contributed by atoms with van der Waals surface area (Å²) >= 11 is 5.43. The fourth-order valence-electron chi connectivity index (χ4n) is 0.623. The lowest BCUT2D eigenvalue weighted by molar-refractivity contribution is -0.118. The van der Waals surface area contributed by atoms with Crippen LogP contribution in [0.3, 0.4) is 0 Å². The fraction of sp³-hybridized carbons (Fsp3) is 0.500. The Morgan fingerprint density at radius 2 is 2.38 bits per heavy atom. The topological polar surface area (TPSA) is 80.0 Å². The van der Waals surface area contributed by atoms with Crippen LogP contribution in [0.4, 0.5) is 6.01 Å². The molecular formula is C6H9ClN4O2. The number of halogens is 1. The van der Waals surface area contributed by atoms with Gasteiger partial charge in [-0.3, -0.25) is 4.79 Å². The number of carbonyl (C=O) groups excluding carboxylic acids is 1. The SMILES string of the molecule is CNC(=O)CNc1nnc(CCl)o1. The van der Waals surface area contributed by atoms with E-state index in [4.69, 9.17) is 16.0 Å². The molecule has 0 radical (unpaired) electrons. The standard InChI is InChI=1S/C6H9ClN4O2/c1-8-4(12)3-9-6-11-10-5(2-7)13-6/h2-3H2,1H3,(H,8,12)(H,9,11). The fourth-order valence-corrected chi connectivity index (χ4v) is 0.731. The van der Waals surface area contributed by atoms with Crippen LogP contribution in [0, 0.1) is 0 Å². The van der Waals surface area contributed by atoms with E-state index >= 15 is 0 Å². The number of amides is 1. The summed E-state index contributed by atoms with van der Waals surface area (Å²) in [7, 11) is 1.54. The second kappa shape index (κ2) is 4.66. The quantitative estimate of drug-likeness (QED) is 0.673. The number of nitrogens with zero attached hydrogens (tertiary/aromatic N) is 2. The second-order valence-electron chi connectivity index (χ2n) is 2.16. The Morgan fingerprint density at radius 3 is 2.92 bits per heavy atom. The minimum atomic E-state index is -0.161. The molecule has 0 saturated heterocycles. The molecule has 0 unspecified atom stereocenters. The van der Waals surface area contributed by atoms with Gasteiger partial charge in [0.1, 0.15) is 5.88 Å². The predicted molar refractivity (Wildman–Crippen MR) is 46.4 cm³/mol. The highest BCUT2D eigenvalue weighted by Crippen LogP contribution is 2.06. The predicted octanol–water partition coefficient (Wildman–Crippen LogP) is -0.0337. The van der Waals surface area contributed by atoms with Crippen LogP contribution in [0.5, 0.6) is 0 Å². The van der Waals surface area contributed by atoms with Crippen molar-refractivity contribution in [3.05, 3.63) is 5.89 Å². The molecule has 1 aromatic heterocycles. The van der Waals surface area contributed by atoms with Gasteiger partial charge in [0.05, 0.1) is 6.54 Å². The number of nitrogens with one attached hydrogen (secondary N) is 2. The van der Waals surface area contributed by atoms with Gasteiger partial charge in [0.2, 0.25) is 11.8 Å². The first kappa shape index (κ1) is 9.79. The highest BCUT2D eigenvalue weighted by molar-refractivity contribution is 6.16. The van der Waals surface area contributed by atoms with E-state index in [0.29, 0.717) is 5.89 Å². The zero-order chi connectivity index (χ0) is 9.68. The maximum atomic E-state index is 10.8. The summed E-state index contributed by atoms with van der Waals surface area (Å²) in [6, 6.07) is 0.194. The van der Waals surface area contributed by atoms with Crippen molar-refractivity contribution >= 4 is 23.5 Å². The number of alkyl halides is 1. The first-order chi connectivity index (χ1) is 6.26. The van der Waals surface area contributed by atoms with Gasteiger partial charge >= 0.3 is 6.01 Å². The average Bonchev–Trinajstić information content (AvgIpc) is 2.61. The molecule has 0 saturated carbocycles. The lowest BCUT2D eigenvalue weighted by Gasteiger charge is -1.98. The highest BCUT2D eigenvalue weighted by atomic mass is 35.5. The van der Waals surface area contributed by atoms with Gasteiger partial charge in [0, 0.05) is 7.05 Å². The summed E-state index contributed by atoms with van der Waals surface area (Å²) in [4.78, 5) is 10.8. The Bertz CT molecular complexity index is 288. The Morgan fingerprint density at radius 1 is 1.62 bits per heavy atom. The lowest BCUT2D eigenvalue weighted by atomic mass is 10.6. The van der Waals surface area contributed by atoms with Crippen molar-refractivity contribution in [2.45, 2.75) is 5.88 Å². The number of rotatable bonds is 4. The van der Waals surface area contributed by atoms with Crippen molar-refractivity contribution in [3.63, 3.8) is 0 Å². The van der Waals surface area contributed by atoms with Crippen LogP contribution in [-0.2, 0) is 10.7 Å². The third kappa shape index (κ3) is 2.90. The van der Waals surface area contributed by atoms with E-state index < -0.39 is 0 Å². The van der Waals surface area contributed by atoms with Crippen molar-refractivity contribution in [2.24, 2.45) is 0 Å². The van der Waals surface area contributed by atoms with Crippen molar-refractivity contribution < 1.29 is 9.21 Å². The molecule has 0 aliphatic rings. The monoisotopic (exact) mass is 204 g/mol. The van der Waals surface area contributed by atoms with Gasteiger partial charge in [-0.2, -0.15) is 0 Å². The normalized spacial score (nSPS) is 9.69. The first-order valence-corrected chi connectivity index (χ1v) is 4.12. The molecule has 1 heterocycles. The number of carbonyl (C=O) groups is 1. The Kier molecular flexibility index (Phi) is 3.51. The summed E-state index contributed by atoms with van der Waals surface area (Å²) < 4.78 is 4.98. The third-order valence-corrected chi connectivity index (χ3v) is 1.49. The summed E-state index contributed by atoms with van der Waals surface area (Å²) in [5, 5.41) is 12.3. The van der Waals surface area contributed by atoms with Crippen LogP contribution >= 0.6 is 11.6 Å². The van der Waals surface area contributed by atoms with Crippen molar-refractivity contribution in [1.29, 1.82) is 0 Å². The Balaban J connectivity index is 2.41. The van der Waals surface area contributed by atoms with E-state index in [1.165, 1.54) is 0 Å². The number of hydrogen-bond acceptors (Lipinski definition) is 5. The van der Waals surface area contributed by atoms with Gasteiger partial charge in [-0.25, -0.2) is 0 Å². The van der Waals surface area contributed by atoms with Crippen LogP contribution in [0.25, 0.3) is 0 Å². The van der Waals surface area contributed by atoms with E-state index in [2.05, 4.69) is 20.8 Å². The minimum absolute atomic E-state index is 0.0976. The summed E-state index contributed by atoms with van der Waals surface area (Å²) in [5.41, 5.74) is 0. The van der Waals surface area contributed by atoms with E-state index in [1.54, 1.807) is 7.05 Å². The van der Waals surface area contributed by atoms with Crippen molar-refractivity contribution in [2.75, 3.05) is 18.9 Å². The molecule has 1 rings (SSSR count). The van der Waals surface area contributed by atoms with E-state index in [-0.39, 0.29) is 24.3 Å². The molecular weight excluding hydrogens is 196 g/mol. The summed E-state index contributed by atoms with van der Waals surface area (Å²) in [6.07, 6.45) is 0. The van der Waals surface area contributed by atoms with E-state index in [0.717, 1.165) is 0 Å². The van der Waals surface area contributed by atoms with Gasteiger partial charge < -0.3 is 15.1 Å². The lowest BCUT2D eigenvalue weighted by Crippen LogP contribution is -2.26. The second-order valence-corrected chi connectivity index (χ2v) is 2.43. The summed E-state index contributed by atoms with van der Waals surface area (Å²) in [6.45, 7) is 0.0976. The molecule has 72 valence electrons. The molecule has 1 amide bonds. The maximum Gasteiger partial charge on any atom is 0.315 e. The molecule has 1 aromatic rings. The van der Waals surface area contributed by atoms with E-state index in [9.17, 15) is 4.79 Å². The third-order valence-electron chi connectivity index (χ3n) is 1.26. The van der Waals surface area contributed by atoms with Crippen LogP contribution < -0.4 is 10.6 Å². The summed E-state index contributed by atoms with van der Waals surface area (Å²) in [5.74, 6) is 0.320. The zero-order valence-electron chi connectivity index (χ0n) is 7.00. The van der Waals surface area contributed by atoms with Gasteiger partial charge in [-0.05, 0) is 0 Å². The zero-order valence-corrected chi connectivity index (χ0v) is 7.76. The molecule has 13 heavy (non-hydrogen) atoms. The van der Waals surface area contributed by atoms with Crippen LogP contribution in [0.1, 0.15) is 5.89 Å². The van der Waals surface area contributed by atoms with E-state index in [1.807, 2.05) is 0 Å². The molecule has 0 aliphatic carbocycles.